The minimum atomic E-state index is -0.112. The van der Waals surface area contributed by atoms with E-state index in [4.69, 9.17) is 23.8 Å². The normalized spacial score (nSPS) is 11.3. The van der Waals surface area contributed by atoms with Gasteiger partial charge in [0, 0.05) is 5.02 Å². The Hall–Kier alpha value is -1.95. The van der Waals surface area contributed by atoms with Crippen molar-refractivity contribution in [1.29, 1.82) is 0 Å². The Morgan fingerprint density at radius 3 is 2.59 bits per heavy atom. The number of halogens is 1. The molecule has 3 nitrogen and oxygen atoms in total. The predicted molar refractivity (Wildman–Crippen MR) is 94.7 cm³/mol. The van der Waals surface area contributed by atoms with E-state index in [0.29, 0.717) is 14.4 Å². The number of thiazole rings is 1. The lowest BCUT2D eigenvalue weighted by Gasteiger charge is -2.03. The highest BCUT2D eigenvalue weighted by Gasteiger charge is 2.13. The Bertz CT molecular complexity index is 1120. The number of nitrogens with one attached hydrogen (secondary N) is 1. The molecule has 4 rings (SSSR count). The van der Waals surface area contributed by atoms with Crippen LogP contribution in [0.1, 0.15) is 0 Å². The second-order valence-corrected chi connectivity index (χ2v) is 6.94. The van der Waals surface area contributed by atoms with Gasteiger partial charge in [-0.2, -0.15) is 0 Å². The summed E-state index contributed by atoms with van der Waals surface area (Å²) in [6.45, 7) is 0. The smallest absolute Gasteiger partial charge is 0.258 e. The van der Waals surface area contributed by atoms with Crippen LogP contribution in [0.3, 0.4) is 0 Å². The van der Waals surface area contributed by atoms with E-state index in [1.807, 2.05) is 46.9 Å². The van der Waals surface area contributed by atoms with Gasteiger partial charge in [-0.25, -0.2) is 0 Å². The highest BCUT2D eigenvalue weighted by molar-refractivity contribution is 7.73. The molecule has 0 radical (unpaired) electrons. The molecule has 2 heterocycles. The van der Waals surface area contributed by atoms with Gasteiger partial charge in [0.25, 0.3) is 5.56 Å². The zero-order valence-corrected chi connectivity index (χ0v) is 13.6. The highest BCUT2D eigenvalue weighted by Crippen LogP contribution is 2.32. The molecule has 0 saturated carbocycles. The van der Waals surface area contributed by atoms with Crippen LogP contribution in [0.2, 0.25) is 5.02 Å². The number of para-hydroxylation sites is 1. The van der Waals surface area contributed by atoms with Crippen LogP contribution in [-0.4, -0.2) is 9.38 Å². The Morgan fingerprint density at radius 1 is 1.09 bits per heavy atom. The topological polar surface area (TPSA) is 37.3 Å². The average molecular weight is 345 g/mol. The van der Waals surface area contributed by atoms with Gasteiger partial charge in [0.1, 0.15) is 5.65 Å². The second kappa shape index (κ2) is 5.05. The van der Waals surface area contributed by atoms with Gasteiger partial charge in [0.2, 0.25) is 0 Å². The molecule has 6 heteroatoms. The molecule has 0 fully saturated rings. The van der Waals surface area contributed by atoms with E-state index in [1.54, 1.807) is 6.07 Å². The molecule has 0 bridgehead atoms. The number of fused-ring (bicyclic) bond motifs is 3. The van der Waals surface area contributed by atoms with Crippen molar-refractivity contribution in [3.63, 3.8) is 0 Å². The molecular formula is C16H9ClN2OS2. The monoisotopic (exact) mass is 344 g/mol. The van der Waals surface area contributed by atoms with Gasteiger partial charge in [0.05, 0.1) is 15.8 Å². The number of nitrogens with zero attached hydrogens (tertiary/aromatic N) is 1. The SMILES string of the molecule is O=c1[nH]c2c(-c3ccc(Cl)cc3)sc(=S)n2c2ccccc12. The van der Waals surface area contributed by atoms with Crippen LogP contribution < -0.4 is 5.56 Å². The molecular weight excluding hydrogens is 336 g/mol. The molecule has 108 valence electrons. The summed E-state index contributed by atoms with van der Waals surface area (Å²) in [6, 6.07) is 15.0. The predicted octanol–water partition coefficient (Wildman–Crippen LogP) is 4.89. The minimum Gasteiger partial charge on any atom is -0.306 e. The number of hydrogen-bond donors (Lipinski definition) is 1. The molecule has 4 aromatic rings. The van der Waals surface area contributed by atoms with Crippen molar-refractivity contribution in [2.45, 2.75) is 0 Å². The zero-order chi connectivity index (χ0) is 15.3. The molecule has 0 spiro atoms. The first-order valence-electron chi connectivity index (χ1n) is 6.58. The molecule has 0 atom stereocenters. The molecule has 0 aliphatic rings. The summed E-state index contributed by atoms with van der Waals surface area (Å²) in [6.07, 6.45) is 0. The van der Waals surface area contributed by atoms with Gasteiger partial charge in [0.15, 0.2) is 3.95 Å². The number of rotatable bonds is 1. The maximum atomic E-state index is 12.3. The van der Waals surface area contributed by atoms with Gasteiger partial charge in [-0.15, -0.1) is 11.3 Å². The Kier molecular flexibility index (Phi) is 3.14. The fourth-order valence-electron chi connectivity index (χ4n) is 2.54. The average Bonchev–Trinajstić information content (AvgIpc) is 2.85. The largest absolute Gasteiger partial charge is 0.306 e. The molecule has 0 unspecified atom stereocenters. The maximum Gasteiger partial charge on any atom is 0.258 e. The minimum absolute atomic E-state index is 0.112. The molecule has 1 N–H and O–H groups in total. The molecule has 2 aromatic carbocycles. The van der Waals surface area contributed by atoms with Crippen molar-refractivity contribution < 1.29 is 0 Å². The molecule has 0 aliphatic carbocycles. The lowest BCUT2D eigenvalue weighted by atomic mass is 10.2. The van der Waals surface area contributed by atoms with Gasteiger partial charge < -0.3 is 4.98 Å². The summed E-state index contributed by atoms with van der Waals surface area (Å²) in [5.74, 6) is 0. The fraction of sp³-hybridized carbons (Fsp3) is 0. The standard InChI is InChI=1S/C16H9ClN2OS2/c17-10-7-5-9(6-8-10)13-14-18-15(20)11-3-1-2-4-12(11)19(14)16(21)22-13/h1-8H,(H,18,20). The first-order chi connectivity index (χ1) is 10.6. The lowest BCUT2D eigenvalue weighted by molar-refractivity contribution is 1.16. The number of benzene rings is 2. The Morgan fingerprint density at radius 2 is 1.82 bits per heavy atom. The summed E-state index contributed by atoms with van der Waals surface area (Å²) < 4.78 is 2.62. The van der Waals surface area contributed by atoms with E-state index in [-0.39, 0.29) is 5.56 Å². The maximum absolute atomic E-state index is 12.3. The summed E-state index contributed by atoms with van der Waals surface area (Å²) in [7, 11) is 0. The van der Waals surface area contributed by atoms with E-state index in [1.165, 1.54) is 11.3 Å². The van der Waals surface area contributed by atoms with E-state index in [9.17, 15) is 4.79 Å². The van der Waals surface area contributed by atoms with Crippen LogP contribution in [0.4, 0.5) is 0 Å². The first kappa shape index (κ1) is 13.7. The third kappa shape index (κ3) is 2.01. The first-order valence-corrected chi connectivity index (χ1v) is 8.18. The molecule has 0 saturated heterocycles. The fourth-order valence-corrected chi connectivity index (χ4v) is 4.05. The van der Waals surface area contributed by atoms with Crippen LogP contribution in [-0.2, 0) is 0 Å². The summed E-state index contributed by atoms with van der Waals surface area (Å²) in [4.78, 5) is 16.2. The lowest BCUT2D eigenvalue weighted by Crippen LogP contribution is -2.09. The highest BCUT2D eigenvalue weighted by atomic mass is 35.5. The van der Waals surface area contributed by atoms with E-state index in [2.05, 4.69) is 4.98 Å². The van der Waals surface area contributed by atoms with E-state index in [0.717, 1.165) is 21.6 Å². The summed E-state index contributed by atoms with van der Waals surface area (Å²) in [5, 5.41) is 1.31. The third-order valence-corrected chi connectivity index (χ3v) is 5.21. The van der Waals surface area contributed by atoms with Gasteiger partial charge in [-0.3, -0.25) is 9.20 Å². The number of hydrogen-bond acceptors (Lipinski definition) is 3. The number of aromatic nitrogens is 2. The van der Waals surface area contributed by atoms with Gasteiger partial charge in [-0.05, 0) is 42.0 Å². The van der Waals surface area contributed by atoms with Crippen molar-refractivity contribution in [2.24, 2.45) is 0 Å². The van der Waals surface area contributed by atoms with Crippen molar-refractivity contribution in [3.05, 3.63) is 67.9 Å². The van der Waals surface area contributed by atoms with Crippen molar-refractivity contribution in [2.75, 3.05) is 0 Å². The quantitative estimate of drug-likeness (QED) is 0.499. The van der Waals surface area contributed by atoms with Gasteiger partial charge in [-0.1, -0.05) is 35.9 Å². The van der Waals surface area contributed by atoms with Crippen LogP contribution in [0.5, 0.6) is 0 Å². The van der Waals surface area contributed by atoms with E-state index >= 15 is 0 Å². The zero-order valence-electron chi connectivity index (χ0n) is 11.2. The summed E-state index contributed by atoms with van der Waals surface area (Å²) >= 11 is 12.9. The number of H-pyrrole nitrogens is 1. The van der Waals surface area contributed by atoms with Crippen molar-refractivity contribution >= 4 is 51.7 Å². The summed E-state index contributed by atoms with van der Waals surface area (Å²) in [5.41, 5.74) is 2.41. The number of aromatic amines is 1. The van der Waals surface area contributed by atoms with Crippen molar-refractivity contribution in [1.82, 2.24) is 9.38 Å². The Labute approximate surface area is 139 Å². The van der Waals surface area contributed by atoms with Crippen molar-refractivity contribution in [3.8, 4) is 10.4 Å². The second-order valence-electron chi connectivity index (χ2n) is 4.86. The van der Waals surface area contributed by atoms with Gasteiger partial charge >= 0.3 is 0 Å². The molecule has 0 aliphatic heterocycles. The van der Waals surface area contributed by atoms with Crippen LogP contribution in [0.25, 0.3) is 27.0 Å². The van der Waals surface area contributed by atoms with Crippen LogP contribution >= 0.6 is 35.2 Å². The third-order valence-electron chi connectivity index (χ3n) is 3.54. The van der Waals surface area contributed by atoms with Crippen LogP contribution in [0.15, 0.2) is 53.3 Å². The molecule has 0 amide bonds. The molecule has 2 aromatic heterocycles. The van der Waals surface area contributed by atoms with Crippen LogP contribution in [0, 0.1) is 3.95 Å². The van der Waals surface area contributed by atoms with E-state index < -0.39 is 0 Å². The molecule has 22 heavy (non-hydrogen) atoms. The Balaban J connectivity index is 2.17.